The summed E-state index contributed by atoms with van der Waals surface area (Å²) in [5.74, 6) is 0.605. The largest absolute Gasteiger partial charge is 0.365 e. The zero-order chi connectivity index (χ0) is 16.4. The maximum atomic E-state index is 10.7. The second-order valence-corrected chi connectivity index (χ2v) is 5.95. The molecule has 10 heteroatoms. The highest BCUT2D eigenvalue weighted by atomic mass is 32.2. The van der Waals surface area contributed by atoms with Crippen LogP contribution in [0.5, 0.6) is 0 Å². The Kier molecular flexibility index (Phi) is 3.84. The Morgan fingerprint density at radius 1 is 1.22 bits per heavy atom. The Labute approximate surface area is 131 Å². The van der Waals surface area contributed by atoms with Crippen molar-refractivity contribution in [2.24, 2.45) is 0 Å². The molecule has 2 heterocycles. The lowest BCUT2D eigenvalue weighted by Crippen LogP contribution is -2.10. The van der Waals surface area contributed by atoms with E-state index in [-0.39, 0.29) is 5.69 Å². The summed E-state index contributed by atoms with van der Waals surface area (Å²) in [6, 6.07) is 6.54. The maximum absolute atomic E-state index is 10.7. The number of benzene rings is 1. The molecule has 0 saturated heterocycles. The van der Waals surface area contributed by atoms with Crippen molar-refractivity contribution in [1.29, 1.82) is 0 Å². The van der Waals surface area contributed by atoms with Crippen molar-refractivity contribution in [2.75, 3.05) is 10.0 Å². The van der Waals surface area contributed by atoms with E-state index >= 15 is 0 Å². The smallest absolute Gasteiger partial charge is 0.357 e. The van der Waals surface area contributed by atoms with Crippen molar-refractivity contribution in [3.8, 4) is 0 Å². The fourth-order valence-electron chi connectivity index (χ4n) is 2.08. The van der Waals surface area contributed by atoms with Crippen LogP contribution < -0.4 is 10.0 Å². The van der Waals surface area contributed by atoms with Gasteiger partial charge in [0.1, 0.15) is 17.5 Å². The van der Waals surface area contributed by atoms with E-state index in [1.165, 1.54) is 6.33 Å². The van der Waals surface area contributed by atoms with Gasteiger partial charge in [-0.3, -0.25) is 9.27 Å². The summed E-state index contributed by atoms with van der Waals surface area (Å²) >= 11 is 0. The summed E-state index contributed by atoms with van der Waals surface area (Å²) < 4.78 is 37.2. The van der Waals surface area contributed by atoms with Crippen LogP contribution in [-0.4, -0.2) is 28.1 Å². The highest BCUT2D eigenvalue weighted by Gasteiger charge is 2.11. The number of fused-ring (bicyclic) bond motifs is 1. The average molecular weight is 335 g/mol. The number of nitrogens with zero attached hydrogens (tertiary/aromatic N) is 3. The number of rotatable bonds is 5. The number of nitrogens with one attached hydrogen (secondary N) is 2. The van der Waals surface area contributed by atoms with Crippen LogP contribution >= 0.6 is 0 Å². The van der Waals surface area contributed by atoms with E-state index in [1.807, 2.05) is 4.72 Å². The standard InChI is InChI=1S/C13H13N5O4S/c1-8-11-12(15-7-16-13(11)22-17-8)14-6-9-2-4-10(5-3-9)18-23(19,20)21/h2-5,7,18H,6H2,1H3,(H,14,15,16)(H,19,20,21). The van der Waals surface area contributed by atoms with Crippen LogP contribution in [0.25, 0.3) is 11.1 Å². The highest BCUT2D eigenvalue weighted by molar-refractivity contribution is 7.87. The minimum atomic E-state index is -4.27. The first kappa shape index (κ1) is 15.2. The van der Waals surface area contributed by atoms with Crippen molar-refractivity contribution in [1.82, 2.24) is 15.1 Å². The van der Waals surface area contributed by atoms with Gasteiger partial charge in [-0.05, 0) is 24.6 Å². The maximum Gasteiger partial charge on any atom is 0.357 e. The van der Waals surface area contributed by atoms with E-state index < -0.39 is 10.3 Å². The van der Waals surface area contributed by atoms with Crippen LogP contribution in [-0.2, 0) is 16.8 Å². The average Bonchev–Trinajstić information content (AvgIpc) is 2.87. The Morgan fingerprint density at radius 3 is 2.65 bits per heavy atom. The van der Waals surface area contributed by atoms with Crippen LogP contribution in [0.2, 0.25) is 0 Å². The fraction of sp³-hybridized carbons (Fsp3) is 0.154. The summed E-state index contributed by atoms with van der Waals surface area (Å²) in [5, 5.41) is 7.73. The molecule has 0 bridgehead atoms. The molecule has 0 aliphatic rings. The van der Waals surface area contributed by atoms with Crippen LogP contribution in [0.15, 0.2) is 35.1 Å². The summed E-state index contributed by atoms with van der Waals surface area (Å²) in [6.45, 7) is 2.26. The Morgan fingerprint density at radius 2 is 1.96 bits per heavy atom. The molecule has 3 N–H and O–H groups in total. The molecule has 0 atom stereocenters. The molecule has 3 aromatic rings. The molecule has 0 saturated carbocycles. The van der Waals surface area contributed by atoms with Gasteiger partial charge in [0.15, 0.2) is 0 Å². The van der Waals surface area contributed by atoms with Crippen molar-refractivity contribution >= 4 is 32.9 Å². The van der Waals surface area contributed by atoms with E-state index in [1.54, 1.807) is 31.2 Å². The summed E-state index contributed by atoms with van der Waals surface area (Å²) in [6.07, 6.45) is 1.38. The fourth-order valence-corrected chi connectivity index (χ4v) is 2.52. The molecule has 0 aliphatic carbocycles. The molecule has 0 amide bonds. The van der Waals surface area contributed by atoms with E-state index in [4.69, 9.17) is 9.08 Å². The van der Waals surface area contributed by atoms with Crippen molar-refractivity contribution in [2.45, 2.75) is 13.5 Å². The van der Waals surface area contributed by atoms with E-state index in [0.29, 0.717) is 23.8 Å². The van der Waals surface area contributed by atoms with Gasteiger partial charge in [-0.15, -0.1) is 0 Å². The first-order chi connectivity index (χ1) is 10.9. The minimum absolute atomic E-state index is 0.274. The van der Waals surface area contributed by atoms with Gasteiger partial charge in [0.25, 0.3) is 5.71 Å². The predicted octanol–water partition coefficient (Wildman–Crippen LogP) is 1.75. The molecule has 0 spiro atoms. The molecule has 23 heavy (non-hydrogen) atoms. The van der Waals surface area contributed by atoms with Crippen LogP contribution in [0.3, 0.4) is 0 Å². The third kappa shape index (κ3) is 3.55. The minimum Gasteiger partial charge on any atom is -0.365 e. The third-order valence-electron chi connectivity index (χ3n) is 3.10. The topological polar surface area (TPSA) is 130 Å². The van der Waals surface area contributed by atoms with Crippen molar-refractivity contribution in [3.63, 3.8) is 0 Å². The zero-order valence-corrected chi connectivity index (χ0v) is 12.8. The Bertz CT molecular complexity index is 937. The van der Waals surface area contributed by atoms with E-state index in [2.05, 4.69) is 20.4 Å². The number of aromatic nitrogens is 3. The summed E-state index contributed by atoms with van der Waals surface area (Å²) in [7, 11) is -4.27. The van der Waals surface area contributed by atoms with Gasteiger partial charge in [-0.2, -0.15) is 13.4 Å². The molecule has 2 aromatic heterocycles. The van der Waals surface area contributed by atoms with Gasteiger partial charge >= 0.3 is 10.3 Å². The predicted molar refractivity (Wildman–Crippen MR) is 83.3 cm³/mol. The third-order valence-corrected chi connectivity index (χ3v) is 3.60. The molecular weight excluding hydrogens is 322 g/mol. The summed E-state index contributed by atoms with van der Waals surface area (Å²) in [4.78, 5) is 8.17. The molecule has 120 valence electrons. The quantitative estimate of drug-likeness (QED) is 0.601. The second kappa shape index (κ2) is 5.82. The molecule has 0 aliphatic heterocycles. The lowest BCUT2D eigenvalue weighted by Gasteiger charge is -2.07. The Balaban J connectivity index is 1.74. The molecule has 0 unspecified atom stereocenters. The van der Waals surface area contributed by atoms with Gasteiger partial charge in [0.2, 0.25) is 0 Å². The number of anilines is 2. The first-order valence-electron chi connectivity index (χ1n) is 6.57. The zero-order valence-electron chi connectivity index (χ0n) is 12.0. The second-order valence-electron chi connectivity index (χ2n) is 4.80. The highest BCUT2D eigenvalue weighted by Crippen LogP contribution is 2.23. The van der Waals surface area contributed by atoms with Gasteiger partial charge in [-0.1, -0.05) is 17.3 Å². The monoisotopic (exact) mass is 335 g/mol. The van der Waals surface area contributed by atoms with Gasteiger partial charge in [0.05, 0.1) is 11.4 Å². The molecule has 1 aromatic carbocycles. The van der Waals surface area contributed by atoms with Gasteiger partial charge < -0.3 is 9.84 Å². The SMILES string of the molecule is Cc1noc2ncnc(NCc3ccc(NS(=O)(=O)O)cc3)c12. The lowest BCUT2D eigenvalue weighted by molar-refractivity contribution is 0.442. The molecule has 0 radical (unpaired) electrons. The number of hydrogen-bond donors (Lipinski definition) is 3. The first-order valence-corrected chi connectivity index (χ1v) is 8.01. The molecule has 0 fully saturated rings. The van der Waals surface area contributed by atoms with Crippen molar-refractivity contribution < 1.29 is 17.5 Å². The van der Waals surface area contributed by atoms with E-state index in [9.17, 15) is 8.42 Å². The lowest BCUT2D eigenvalue weighted by atomic mass is 10.2. The van der Waals surface area contributed by atoms with Gasteiger partial charge in [-0.25, -0.2) is 4.98 Å². The van der Waals surface area contributed by atoms with E-state index in [0.717, 1.165) is 10.9 Å². The number of hydrogen-bond acceptors (Lipinski definition) is 7. The van der Waals surface area contributed by atoms with Crippen LogP contribution in [0, 0.1) is 6.92 Å². The van der Waals surface area contributed by atoms with Crippen LogP contribution in [0.1, 0.15) is 11.3 Å². The molecule has 3 rings (SSSR count). The summed E-state index contributed by atoms with van der Waals surface area (Å²) in [5.41, 5.74) is 2.27. The molecule has 9 nitrogen and oxygen atoms in total. The molecular formula is C13H13N5O4S. The van der Waals surface area contributed by atoms with Crippen molar-refractivity contribution in [3.05, 3.63) is 41.9 Å². The number of aryl methyl sites for hydroxylation is 1. The Hall–Kier alpha value is -2.72. The normalized spacial score (nSPS) is 11.6. The van der Waals surface area contributed by atoms with Gasteiger partial charge in [0, 0.05) is 6.54 Å². The van der Waals surface area contributed by atoms with Crippen LogP contribution in [0.4, 0.5) is 11.5 Å².